The number of sulfonamides is 1. The van der Waals surface area contributed by atoms with Gasteiger partial charge in [0, 0.05) is 32.4 Å². The molecule has 1 spiro atoms. The monoisotopic (exact) mass is 701 g/mol. The highest BCUT2D eigenvalue weighted by molar-refractivity contribution is 7.89. The van der Waals surface area contributed by atoms with E-state index in [4.69, 9.17) is 18.9 Å². The third kappa shape index (κ3) is 11.9. The van der Waals surface area contributed by atoms with Crippen LogP contribution in [0.25, 0.3) is 0 Å². The van der Waals surface area contributed by atoms with Gasteiger partial charge in [0.2, 0.25) is 21.8 Å². The Morgan fingerprint density at radius 2 is 1.80 bits per heavy atom. The lowest BCUT2D eigenvalue weighted by molar-refractivity contribution is -0.143. The minimum absolute atomic E-state index is 0.0160. The number of nitrogens with one attached hydrogen (secondary N) is 3. The lowest BCUT2D eigenvalue weighted by Crippen LogP contribution is -2.50. The van der Waals surface area contributed by atoms with E-state index in [2.05, 4.69) is 28.4 Å². The van der Waals surface area contributed by atoms with E-state index in [1.807, 2.05) is 26.0 Å². The fraction of sp³-hybridized carbons (Fsp3) is 0.583. The fourth-order valence-electron chi connectivity index (χ4n) is 6.26. The van der Waals surface area contributed by atoms with Gasteiger partial charge in [0.05, 0.1) is 54.0 Å². The minimum Gasteiger partial charge on any atom is -0.459 e. The number of carbonyl (C=O) groups is 3. The molecular weight excluding hydrogens is 650 g/mol. The number of esters is 1. The summed E-state index contributed by atoms with van der Waals surface area (Å²) in [6.45, 7) is 10.1. The molecule has 2 amide bonds. The van der Waals surface area contributed by atoms with Crippen LogP contribution in [-0.4, -0.2) is 82.0 Å². The standard InChI is InChI=1S/C36H51N3O9S/c1-23(8-15-33-24(2)17-32(26(4)47-33)39-34(41)16-9-25(3)46-27(5)40)7-12-29-19-36(22-45-36)20-30(48-29)18-35(42)38-21-28-10-13-31(14-11-28)49(43,44)37-6/h7-14,16,24-26,29-30,32-33,37H,15,17-22H2,1-6H3,(H,38,42)(H,39,41)/b12-7+,16-9-,23-8+/t24-,25-,26+,29+,30+,32+,33-,36+/m0/s1. The molecule has 3 fully saturated rings. The molecule has 0 saturated carbocycles. The van der Waals surface area contributed by atoms with Gasteiger partial charge >= 0.3 is 5.97 Å². The zero-order chi connectivity index (χ0) is 35.8. The average Bonchev–Trinajstić information content (AvgIpc) is 3.79. The summed E-state index contributed by atoms with van der Waals surface area (Å²) in [5.74, 6) is -0.556. The van der Waals surface area contributed by atoms with Gasteiger partial charge in [0.15, 0.2) is 0 Å². The predicted octanol–water partition coefficient (Wildman–Crippen LogP) is 3.62. The van der Waals surface area contributed by atoms with E-state index < -0.39 is 22.1 Å². The smallest absolute Gasteiger partial charge is 0.303 e. The van der Waals surface area contributed by atoms with E-state index in [0.29, 0.717) is 13.0 Å². The van der Waals surface area contributed by atoms with Crippen molar-refractivity contribution in [2.24, 2.45) is 5.92 Å². The molecule has 3 heterocycles. The summed E-state index contributed by atoms with van der Waals surface area (Å²) in [7, 11) is -2.15. The van der Waals surface area contributed by atoms with Gasteiger partial charge in [-0.15, -0.1) is 0 Å². The van der Waals surface area contributed by atoms with E-state index in [1.54, 1.807) is 25.1 Å². The first-order valence-corrected chi connectivity index (χ1v) is 18.4. The quantitative estimate of drug-likeness (QED) is 0.114. The molecule has 0 unspecified atom stereocenters. The number of hydrogen-bond acceptors (Lipinski definition) is 9. The molecule has 13 heteroatoms. The molecule has 3 aliphatic heterocycles. The number of benzene rings is 1. The predicted molar refractivity (Wildman–Crippen MR) is 184 cm³/mol. The maximum absolute atomic E-state index is 12.8. The Hall–Kier alpha value is -3.36. The Morgan fingerprint density at radius 3 is 2.45 bits per heavy atom. The summed E-state index contributed by atoms with van der Waals surface area (Å²) in [4.78, 5) is 36.5. The number of hydrogen-bond donors (Lipinski definition) is 3. The van der Waals surface area contributed by atoms with E-state index in [9.17, 15) is 22.8 Å². The Kier molecular flexibility index (Phi) is 13.4. The van der Waals surface area contributed by atoms with E-state index >= 15 is 0 Å². The lowest BCUT2D eigenvalue weighted by Gasteiger charge is -2.39. The Morgan fingerprint density at radius 1 is 1.08 bits per heavy atom. The Bertz CT molecular complexity index is 1520. The van der Waals surface area contributed by atoms with Gasteiger partial charge < -0.3 is 29.6 Å². The van der Waals surface area contributed by atoms with Crippen molar-refractivity contribution in [3.63, 3.8) is 0 Å². The van der Waals surface area contributed by atoms with E-state index in [-0.39, 0.29) is 71.7 Å². The Labute approximate surface area is 290 Å². The summed E-state index contributed by atoms with van der Waals surface area (Å²) < 4.78 is 49.6. The highest BCUT2D eigenvalue weighted by atomic mass is 32.2. The van der Waals surface area contributed by atoms with Crippen LogP contribution in [0.1, 0.15) is 72.3 Å². The molecule has 3 N–H and O–H groups in total. The van der Waals surface area contributed by atoms with Crippen LogP contribution in [0.15, 0.2) is 65.1 Å². The molecule has 1 aromatic carbocycles. The largest absolute Gasteiger partial charge is 0.459 e. The highest BCUT2D eigenvalue weighted by Crippen LogP contribution is 2.43. The van der Waals surface area contributed by atoms with Gasteiger partial charge in [-0.1, -0.05) is 42.9 Å². The van der Waals surface area contributed by atoms with Gasteiger partial charge in [0.25, 0.3) is 0 Å². The molecule has 49 heavy (non-hydrogen) atoms. The SMILES string of the molecule is CNS(=O)(=O)c1ccc(CNC(=O)C[C@@H]2C[C@@]3(CO3)C[C@@H](/C=C/C(C)=C/C[C@@H]3O[C@H](C)[C@H](NC(=O)/C=C\[C@H](C)OC(C)=O)C[C@@H]3C)O2)cc1. The second-order valence-corrected chi connectivity index (χ2v) is 15.3. The number of rotatable bonds is 14. The third-order valence-electron chi connectivity index (χ3n) is 9.16. The van der Waals surface area contributed by atoms with Gasteiger partial charge in [-0.2, -0.15) is 0 Å². The molecule has 3 aliphatic rings. The summed E-state index contributed by atoms with van der Waals surface area (Å²) in [6.07, 6.45) is 11.2. The zero-order valence-electron chi connectivity index (χ0n) is 29.3. The third-order valence-corrected chi connectivity index (χ3v) is 10.6. The van der Waals surface area contributed by atoms with Crippen LogP contribution >= 0.6 is 0 Å². The lowest BCUT2D eigenvalue weighted by atomic mass is 9.88. The second-order valence-electron chi connectivity index (χ2n) is 13.4. The minimum atomic E-state index is -3.51. The molecule has 0 aromatic heterocycles. The maximum Gasteiger partial charge on any atom is 0.303 e. The summed E-state index contributed by atoms with van der Waals surface area (Å²) >= 11 is 0. The number of amides is 2. The van der Waals surface area contributed by atoms with Crippen LogP contribution < -0.4 is 15.4 Å². The van der Waals surface area contributed by atoms with Crippen molar-refractivity contribution in [2.45, 2.75) is 120 Å². The van der Waals surface area contributed by atoms with Crippen molar-refractivity contribution in [1.29, 1.82) is 0 Å². The van der Waals surface area contributed by atoms with Crippen LogP contribution in [-0.2, 0) is 49.9 Å². The molecule has 270 valence electrons. The van der Waals surface area contributed by atoms with Crippen molar-refractivity contribution in [1.82, 2.24) is 15.4 Å². The highest BCUT2D eigenvalue weighted by Gasteiger charge is 2.51. The molecule has 0 aliphatic carbocycles. The summed E-state index contributed by atoms with van der Waals surface area (Å²) in [5, 5.41) is 5.92. The second kappa shape index (κ2) is 17.0. The first-order valence-electron chi connectivity index (χ1n) is 16.9. The topological polar surface area (TPSA) is 162 Å². The van der Waals surface area contributed by atoms with Crippen molar-refractivity contribution in [3.05, 3.63) is 65.8 Å². The van der Waals surface area contributed by atoms with Crippen molar-refractivity contribution in [3.8, 4) is 0 Å². The van der Waals surface area contributed by atoms with Crippen LogP contribution in [0, 0.1) is 5.92 Å². The number of ether oxygens (including phenoxy) is 4. The van der Waals surface area contributed by atoms with Crippen molar-refractivity contribution < 1.29 is 41.7 Å². The van der Waals surface area contributed by atoms with E-state index in [1.165, 1.54) is 32.2 Å². The maximum atomic E-state index is 12.8. The molecule has 0 radical (unpaired) electrons. The summed E-state index contributed by atoms with van der Waals surface area (Å²) in [5.41, 5.74) is 1.63. The molecule has 3 saturated heterocycles. The van der Waals surface area contributed by atoms with Gasteiger partial charge in [-0.3, -0.25) is 14.4 Å². The van der Waals surface area contributed by atoms with Gasteiger partial charge in [-0.25, -0.2) is 13.1 Å². The molecule has 0 bridgehead atoms. The van der Waals surface area contributed by atoms with Crippen LogP contribution in [0.5, 0.6) is 0 Å². The van der Waals surface area contributed by atoms with E-state index in [0.717, 1.165) is 30.4 Å². The molecule has 4 rings (SSSR count). The van der Waals surface area contributed by atoms with Gasteiger partial charge in [-0.05, 0) is 70.4 Å². The van der Waals surface area contributed by atoms with Crippen LogP contribution in [0.2, 0.25) is 0 Å². The molecule has 8 atom stereocenters. The van der Waals surface area contributed by atoms with Crippen molar-refractivity contribution >= 4 is 27.8 Å². The Balaban J connectivity index is 1.22. The van der Waals surface area contributed by atoms with Crippen molar-refractivity contribution in [2.75, 3.05) is 13.7 Å². The number of allylic oxidation sites excluding steroid dienone is 2. The number of epoxide rings is 1. The zero-order valence-corrected chi connectivity index (χ0v) is 30.1. The molecule has 1 aromatic rings. The van der Waals surface area contributed by atoms with Crippen LogP contribution in [0.3, 0.4) is 0 Å². The molecule has 12 nitrogen and oxygen atoms in total. The fourth-order valence-corrected chi connectivity index (χ4v) is 6.99. The van der Waals surface area contributed by atoms with Crippen LogP contribution in [0.4, 0.5) is 0 Å². The average molecular weight is 702 g/mol. The normalized spacial score (nSPS) is 29.6. The first-order chi connectivity index (χ1) is 23.2. The first kappa shape index (κ1) is 38.4. The molecular formula is C36H51N3O9S. The van der Waals surface area contributed by atoms with Gasteiger partial charge in [0.1, 0.15) is 6.10 Å². The number of carbonyl (C=O) groups excluding carboxylic acids is 3. The summed E-state index contributed by atoms with van der Waals surface area (Å²) in [6, 6.07) is 6.27.